The van der Waals surface area contributed by atoms with E-state index in [1.165, 1.54) is 14.9 Å². The third kappa shape index (κ3) is 4.69. The average molecular weight is 417 g/mol. The predicted octanol–water partition coefficient (Wildman–Crippen LogP) is 5.95. The van der Waals surface area contributed by atoms with E-state index in [9.17, 15) is 0 Å². The minimum absolute atomic E-state index is 0.393. The van der Waals surface area contributed by atoms with E-state index >= 15 is 0 Å². The topological polar surface area (TPSA) is 12.0 Å². The normalized spacial score (nSPS) is 12.6. The fourth-order valence-electron chi connectivity index (χ4n) is 2.21. The van der Waals surface area contributed by atoms with Gasteiger partial charge >= 0.3 is 0 Å². The van der Waals surface area contributed by atoms with Crippen LogP contribution in [-0.4, -0.2) is 6.54 Å². The van der Waals surface area contributed by atoms with Gasteiger partial charge in [0.25, 0.3) is 0 Å². The molecule has 0 spiro atoms. The molecule has 0 aliphatic carbocycles. The predicted molar refractivity (Wildman–Crippen MR) is 95.5 cm³/mol. The van der Waals surface area contributed by atoms with Gasteiger partial charge in [0.05, 0.1) is 0 Å². The van der Waals surface area contributed by atoms with E-state index in [0.29, 0.717) is 6.04 Å². The molecule has 0 bridgehead atoms. The lowest BCUT2D eigenvalue weighted by Gasteiger charge is -2.20. The van der Waals surface area contributed by atoms with Crippen LogP contribution in [0.2, 0.25) is 0 Å². The smallest absolute Gasteiger partial charge is 0.0335 e. The van der Waals surface area contributed by atoms with Crippen LogP contribution >= 0.6 is 43.2 Å². The summed E-state index contributed by atoms with van der Waals surface area (Å²) < 4.78 is 2.32. The summed E-state index contributed by atoms with van der Waals surface area (Å²) in [6.45, 7) is 3.26. The first-order valence-electron chi connectivity index (χ1n) is 6.91. The van der Waals surface area contributed by atoms with Gasteiger partial charge in [-0.25, -0.2) is 0 Å². The molecular weight excluding hydrogens is 398 g/mol. The number of rotatable bonds is 7. The van der Waals surface area contributed by atoms with Crippen molar-refractivity contribution in [3.05, 3.63) is 55.1 Å². The van der Waals surface area contributed by atoms with Gasteiger partial charge in [-0.05, 0) is 61.0 Å². The lowest BCUT2D eigenvalue weighted by Crippen LogP contribution is -2.23. The number of hydrogen-bond acceptors (Lipinski definition) is 2. The van der Waals surface area contributed by atoms with Gasteiger partial charge in [-0.1, -0.05) is 44.8 Å². The van der Waals surface area contributed by atoms with Crippen LogP contribution in [0.3, 0.4) is 0 Å². The van der Waals surface area contributed by atoms with E-state index < -0.39 is 0 Å². The molecule has 1 aromatic carbocycles. The van der Waals surface area contributed by atoms with Gasteiger partial charge in [0, 0.05) is 19.9 Å². The Balaban J connectivity index is 2.11. The highest BCUT2D eigenvalue weighted by Gasteiger charge is 2.14. The summed E-state index contributed by atoms with van der Waals surface area (Å²) in [4.78, 5) is 1.46. The zero-order valence-electron chi connectivity index (χ0n) is 11.5. The van der Waals surface area contributed by atoms with E-state index in [1.54, 1.807) is 0 Å². The molecule has 0 aliphatic heterocycles. The minimum atomic E-state index is 0.393. The summed E-state index contributed by atoms with van der Waals surface area (Å²) in [5.74, 6) is 0. The van der Waals surface area contributed by atoms with Crippen molar-refractivity contribution >= 4 is 43.2 Å². The molecule has 0 radical (unpaired) electrons. The molecule has 1 aromatic heterocycles. The molecule has 2 aromatic rings. The molecule has 0 saturated heterocycles. The van der Waals surface area contributed by atoms with Gasteiger partial charge in [0.15, 0.2) is 0 Å². The van der Waals surface area contributed by atoms with Crippen LogP contribution in [0.25, 0.3) is 0 Å². The van der Waals surface area contributed by atoms with E-state index in [1.807, 2.05) is 11.3 Å². The Morgan fingerprint density at radius 1 is 1.25 bits per heavy atom. The van der Waals surface area contributed by atoms with Crippen molar-refractivity contribution in [1.82, 2.24) is 5.32 Å². The molecule has 0 amide bonds. The number of benzene rings is 1. The summed E-state index contributed by atoms with van der Waals surface area (Å²) >= 11 is 9.10. The van der Waals surface area contributed by atoms with Crippen molar-refractivity contribution in [2.45, 2.75) is 32.2 Å². The molecule has 1 nitrogen and oxygen atoms in total. The second kappa shape index (κ2) is 8.32. The number of aryl methyl sites for hydroxylation is 1. The zero-order valence-corrected chi connectivity index (χ0v) is 15.5. The van der Waals surface area contributed by atoms with Crippen molar-refractivity contribution in [1.29, 1.82) is 0 Å². The van der Waals surface area contributed by atoms with Gasteiger partial charge in [0.2, 0.25) is 0 Å². The molecule has 1 N–H and O–H groups in total. The quantitative estimate of drug-likeness (QED) is 0.588. The van der Waals surface area contributed by atoms with Crippen molar-refractivity contribution in [3.8, 4) is 0 Å². The summed E-state index contributed by atoms with van der Waals surface area (Å²) in [7, 11) is 0. The molecule has 1 unspecified atom stereocenters. The molecule has 0 fully saturated rings. The van der Waals surface area contributed by atoms with E-state index in [-0.39, 0.29) is 0 Å². The van der Waals surface area contributed by atoms with Crippen LogP contribution in [0.4, 0.5) is 0 Å². The molecular formula is C16H19Br2NS. The molecule has 4 heteroatoms. The summed E-state index contributed by atoms with van der Waals surface area (Å²) in [6, 6.07) is 11.1. The molecule has 1 heterocycles. The number of halogens is 2. The van der Waals surface area contributed by atoms with Gasteiger partial charge < -0.3 is 5.32 Å². The minimum Gasteiger partial charge on any atom is -0.310 e. The summed E-state index contributed by atoms with van der Waals surface area (Å²) in [6.07, 6.45) is 3.40. The van der Waals surface area contributed by atoms with Crippen LogP contribution < -0.4 is 5.32 Å². The van der Waals surface area contributed by atoms with Crippen LogP contribution in [0.15, 0.2) is 44.7 Å². The molecule has 20 heavy (non-hydrogen) atoms. The van der Waals surface area contributed by atoms with Crippen molar-refractivity contribution < 1.29 is 0 Å². The monoisotopic (exact) mass is 415 g/mol. The maximum Gasteiger partial charge on any atom is 0.0335 e. The van der Waals surface area contributed by atoms with Crippen LogP contribution in [0.1, 0.15) is 36.2 Å². The van der Waals surface area contributed by atoms with Gasteiger partial charge in [-0.15, -0.1) is 11.3 Å². The van der Waals surface area contributed by atoms with E-state index in [4.69, 9.17) is 0 Å². The third-order valence-corrected chi connectivity index (χ3v) is 5.39. The van der Waals surface area contributed by atoms with Crippen molar-refractivity contribution in [2.24, 2.45) is 0 Å². The largest absolute Gasteiger partial charge is 0.310 e. The van der Waals surface area contributed by atoms with E-state index in [0.717, 1.165) is 30.3 Å². The number of thiophene rings is 1. The third-order valence-electron chi connectivity index (χ3n) is 3.23. The highest BCUT2D eigenvalue weighted by molar-refractivity contribution is 9.11. The summed E-state index contributed by atoms with van der Waals surface area (Å²) in [5.41, 5.74) is 1.34. The molecule has 0 aliphatic rings. The standard InChI is InChI=1S/C16H19Br2NS/c1-2-9-19-16(8-6-13-4-3-10-20-13)14-11-12(17)5-7-15(14)18/h3-5,7,10-11,16,19H,2,6,8-9H2,1H3. The Hall–Kier alpha value is -0.160. The highest BCUT2D eigenvalue weighted by Crippen LogP contribution is 2.30. The van der Waals surface area contributed by atoms with Crippen LogP contribution in [0, 0.1) is 0 Å². The fourth-order valence-corrected chi connectivity index (χ4v) is 3.84. The van der Waals surface area contributed by atoms with Gasteiger partial charge in [-0.3, -0.25) is 0 Å². The Kier molecular flexibility index (Phi) is 6.75. The SMILES string of the molecule is CCCNC(CCc1cccs1)c1cc(Br)ccc1Br. The molecule has 1 atom stereocenters. The Bertz CT molecular complexity index is 525. The van der Waals surface area contributed by atoms with Gasteiger partial charge in [0.1, 0.15) is 0 Å². The summed E-state index contributed by atoms with van der Waals surface area (Å²) in [5, 5.41) is 5.82. The molecule has 0 saturated carbocycles. The van der Waals surface area contributed by atoms with E-state index in [2.05, 4.69) is 79.8 Å². The zero-order chi connectivity index (χ0) is 14.4. The highest BCUT2D eigenvalue weighted by atomic mass is 79.9. The first kappa shape index (κ1) is 16.2. The Morgan fingerprint density at radius 2 is 2.10 bits per heavy atom. The van der Waals surface area contributed by atoms with Crippen LogP contribution in [0.5, 0.6) is 0 Å². The first-order chi connectivity index (χ1) is 9.70. The van der Waals surface area contributed by atoms with Crippen molar-refractivity contribution in [3.63, 3.8) is 0 Å². The Labute approximate surface area is 142 Å². The fraction of sp³-hybridized carbons (Fsp3) is 0.375. The maximum atomic E-state index is 3.68. The second-order valence-electron chi connectivity index (χ2n) is 4.79. The lowest BCUT2D eigenvalue weighted by atomic mass is 10.0. The number of nitrogens with one attached hydrogen (secondary N) is 1. The second-order valence-corrected chi connectivity index (χ2v) is 7.59. The van der Waals surface area contributed by atoms with Crippen LogP contribution in [-0.2, 0) is 6.42 Å². The van der Waals surface area contributed by atoms with Gasteiger partial charge in [-0.2, -0.15) is 0 Å². The average Bonchev–Trinajstić information content (AvgIpc) is 2.95. The first-order valence-corrected chi connectivity index (χ1v) is 9.38. The van der Waals surface area contributed by atoms with Crippen molar-refractivity contribution in [2.75, 3.05) is 6.54 Å². The Morgan fingerprint density at radius 3 is 2.80 bits per heavy atom. The molecule has 2 rings (SSSR count). The molecule has 108 valence electrons. The number of hydrogen-bond donors (Lipinski definition) is 1. The lowest BCUT2D eigenvalue weighted by molar-refractivity contribution is 0.499. The maximum absolute atomic E-state index is 3.68.